The molecule has 0 aromatic carbocycles. The van der Waals surface area contributed by atoms with Crippen LogP contribution in [0.4, 0.5) is 0 Å². The predicted molar refractivity (Wildman–Crippen MR) is 113 cm³/mol. The second-order valence-electron chi connectivity index (χ2n) is 8.18. The highest BCUT2D eigenvalue weighted by atomic mass is 32.2. The van der Waals surface area contributed by atoms with Gasteiger partial charge in [0.2, 0.25) is 5.91 Å². The summed E-state index contributed by atoms with van der Waals surface area (Å²) < 4.78 is 27.7. The van der Waals surface area contributed by atoms with Gasteiger partial charge in [0.15, 0.2) is 5.84 Å². The molecule has 30 heavy (non-hydrogen) atoms. The number of allylic oxidation sites excluding steroid dienone is 2. The lowest BCUT2D eigenvalue weighted by Crippen LogP contribution is -2.53. The van der Waals surface area contributed by atoms with Crippen molar-refractivity contribution in [2.75, 3.05) is 58.1 Å². The molecule has 4 heterocycles. The molecule has 0 N–H and O–H groups in total. The standard InChI is InChI=1S/C20H29N5O4S/c26-18(23-7-3-1-2-4-8-23)16-22-10-12-25(13-11-22)20(27)17-6-5-9-24-14-15-30(28,29)21-19(17)24/h5-6,9H,1-4,7-8,10-16H2. The van der Waals surface area contributed by atoms with Gasteiger partial charge < -0.3 is 14.7 Å². The number of hydrogen-bond donors (Lipinski definition) is 0. The van der Waals surface area contributed by atoms with Gasteiger partial charge >= 0.3 is 0 Å². The number of amidine groups is 1. The molecule has 0 unspecified atom stereocenters. The number of likely N-dealkylation sites (tertiary alicyclic amines) is 1. The Balaban J connectivity index is 1.34. The highest BCUT2D eigenvalue weighted by Crippen LogP contribution is 2.20. The van der Waals surface area contributed by atoms with Crippen LogP contribution in [0.2, 0.25) is 0 Å². The van der Waals surface area contributed by atoms with Crippen molar-refractivity contribution in [2.45, 2.75) is 25.7 Å². The van der Waals surface area contributed by atoms with E-state index < -0.39 is 10.0 Å². The molecular weight excluding hydrogens is 406 g/mol. The number of fused-ring (bicyclic) bond motifs is 1. The van der Waals surface area contributed by atoms with Gasteiger partial charge in [0, 0.05) is 52.0 Å². The first-order valence-electron chi connectivity index (χ1n) is 10.7. The van der Waals surface area contributed by atoms with E-state index in [1.165, 1.54) is 12.8 Å². The minimum Gasteiger partial charge on any atom is -0.342 e. The minimum absolute atomic E-state index is 0.0496. The summed E-state index contributed by atoms with van der Waals surface area (Å²) in [6, 6.07) is 0. The third-order valence-corrected chi connectivity index (χ3v) is 7.21. The zero-order valence-electron chi connectivity index (χ0n) is 17.2. The van der Waals surface area contributed by atoms with Gasteiger partial charge in [-0.25, -0.2) is 8.42 Å². The molecule has 2 saturated heterocycles. The van der Waals surface area contributed by atoms with Gasteiger partial charge in [-0.2, -0.15) is 0 Å². The molecular formula is C20H29N5O4S. The summed E-state index contributed by atoms with van der Waals surface area (Å²) in [7, 11) is -3.54. The third kappa shape index (κ3) is 4.75. The Bertz CT molecular complexity index is 879. The molecule has 0 aromatic rings. The molecule has 10 heteroatoms. The van der Waals surface area contributed by atoms with Crippen molar-refractivity contribution in [1.82, 2.24) is 19.6 Å². The second kappa shape index (κ2) is 8.89. The van der Waals surface area contributed by atoms with E-state index in [0.29, 0.717) is 44.8 Å². The molecule has 0 bridgehead atoms. The molecule has 2 amide bonds. The normalized spacial score (nSPS) is 24.6. The van der Waals surface area contributed by atoms with Crippen LogP contribution in [0.1, 0.15) is 25.7 Å². The van der Waals surface area contributed by atoms with Gasteiger partial charge in [-0.15, -0.1) is 4.40 Å². The Morgan fingerprint density at radius 3 is 2.30 bits per heavy atom. The summed E-state index contributed by atoms with van der Waals surface area (Å²) in [6.07, 6.45) is 9.67. The van der Waals surface area contributed by atoms with E-state index in [4.69, 9.17) is 0 Å². The Labute approximate surface area is 177 Å². The van der Waals surface area contributed by atoms with E-state index in [1.54, 1.807) is 28.2 Å². The van der Waals surface area contributed by atoms with E-state index in [1.807, 2.05) is 4.90 Å². The lowest BCUT2D eigenvalue weighted by Gasteiger charge is -2.37. The summed E-state index contributed by atoms with van der Waals surface area (Å²) in [5, 5.41) is 0. The number of rotatable bonds is 3. The zero-order chi connectivity index (χ0) is 21.1. The molecule has 4 aliphatic rings. The Kier molecular flexibility index (Phi) is 6.24. The van der Waals surface area contributed by atoms with Crippen molar-refractivity contribution in [1.29, 1.82) is 0 Å². The largest absolute Gasteiger partial charge is 0.342 e. The topological polar surface area (TPSA) is 93.6 Å². The molecule has 0 aliphatic carbocycles. The maximum absolute atomic E-state index is 13.1. The molecule has 164 valence electrons. The van der Waals surface area contributed by atoms with E-state index in [2.05, 4.69) is 9.30 Å². The van der Waals surface area contributed by atoms with Crippen LogP contribution >= 0.6 is 0 Å². The van der Waals surface area contributed by atoms with E-state index in [-0.39, 0.29) is 23.4 Å². The third-order valence-electron chi connectivity index (χ3n) is 6.07. The molecule has 0 saturated carbocycles. The van der Waals surface area contributed by atoms with Crippen molar-refractivity contribution >= 4 is 27.7 Å². The molecule has 0 atom stereocenters. The average molecular weight is 436 g/mol. The number of piperazine rings is 1. The first-order valence-corrected chi connectivity index (χ1v) is 12.3. The van der Waals surface area contributed by atoms with Crippen LogP contribution in [0.25, 0.3) is 0 Å². The van der Waals surface area contributed by atoms with Crippen LogP contribution < -0.4 is 0 Å². The second-order valence-corrected chi connectivity index (χ2v) is 9.93. The SMILES string of the molecule is O=C(CN1CCN(C(=O)C2=CC=CN3CCS(=O)(=O)N=C23)CC1)N1CCCCCC1. The van der Waals surface area contributed by atoms with E-state index in [0.717, 1.165) is 25.9 Å². The number of sulfonamides is 1. The average Bonchev–Trinajstić information content (AvgIpc) is 3.02. The minimum atomic E-state index is -3.54. The Morgan fingerprint density at radius 2 is 1.60 bits per heavy atom. The molecule has 0 aromatic heterocycles. The van der Waals surface area contributed by atoms with Crippen LogP contribution in [-0.2, 0) is 19.6 Å². The molecule has 9 nitrogen and oxygen atoms in total. The molecule has 0 radical (unpaired) electrons. The van der Waals surface area contributed by atoms with Crippen molar-refractivity contribution in [3.63, 3.8) is 0 Å². The van der Waals surface area contributed by atoms with Crippen LogP contribution in [0.5, 0.6) is 0 Å². The number of amides is 2. The highest BCUT2D eigenvalue weighted by molar-refractivity contribution is 7.90. The lowest BCUT2D eigenvalue weighted by molar-refractivity contribution is -0.133. The summed E-state index contributed by atoms with van der Waals surface area (Å²) in [4.78, 5) is 33.2. The van der Waals surface area contributed by atoms with E-state index >= 15 is 0 Å². The number of carbonyl (C=O) groups excluding carboxylic acids is 2. The van der Waals surface area contributed by atoms with Crippen molar-refractivity contribution in [2.24, 2.45) is 4.40 Å². The number of nitrogens with zero attached hydrogens (tertiary/aromatic N) is 5. The molecule has 0 spiro atoms. The molecule has 4 rings (SSSR count). The van der Waals surface area contributed by atoms with Crippen LogP contribution in [0.3, 0.4) is 0 Å². The Hall–Kier alpha value is -2.20. The fourth-order valence-electron chi connectivity index (χ4n) is 4.27. The fourth-order valence-corrected chi connectivity index (χ4v) is 5.26. The van der Waals surface area contributed by atoms with Crippen LogP contribution in [0, 0.1) is 0 Å². The van der Waals surface area contributed by atoms with Gasteiger partial charge in [0.1, 0.15) is 0 Å². The molecule has 2 fully saturated rings. The fraction of sp³-hybridized carbons (Fsp3) is 0.650. The number of carbonyl (C=O) groups is 2. The van der Waals surface area contributed by atoms with Crippen molar-refractivity contribution < 1.29 is 18.0 Å². The van der Waals surface area contributed by atoms with Gasteiger partial charge in [-0.1, -0.05) is 12.8 Å². The maximum atomic E-state index is 13.1. The molecule has 4 aliphatic heterocycles. The van der Waals surface area contributed by atoms with Gasteiger partial charge in [-0.05, 0) is 25.0 Å². The van der Waals surface area contributed by atoms with Gasteiger partial charge in [-0.3, -0.25) is 14.5 Å². The highest BCUT2D eigenvalue weighted by Gasteiger charge is 2.33. The summed E-state index contributed by atoms with van der Waals surface area (Å²) >= 11 is 0. The number of hydrogen-bond acceptors (Lipinski definition) is 6. The van der Waals surface area contributed by atoms with E-state index in [9.17, 15) is 18.0 Å². The zero-order valence-corrected chi connectivity index (χ0v) is 18.0. The Morgan fingerprint density at radius 1 is 0.900 bits per heavy atom. The van der Waals surface area contributed by atoms with Gasteiger partial charge in [0.05, 0.1) is 17.9 Å². The monoisotopic (exact) mass is 435 g/mol. The smallest absolute Gasteiger partial charge is 0.257 e. The van der Waals surface area contributed by atoms with Gasteiger partial charge in [0.25, 0.3) is 15.9 Å². The lowest BCUT2D eigenvalue weighted by atomic mass is 10.1. The maximum Gasteiger partial charge on any atom is 0.257 e. The first-order chi connectivity index (χ1) is 14.4. The van der Waals surface area contributed by atoms with Crippen molar-refractivity contribution in [3.05, 3.63) is 23.9 Å². The van der Waals surface area contributed by atoms with Crippen molar-refractivity contribution in [3.8, 4) is 0 Å². The van der Waals surface area contributed by atoms with Crippen LogP contribution in [-0.4, -0.2) is 104 Å². The summed E-state index contributed by atoms with van der Waals surface area (Å²) in [5.74, 6) is 0.131. The first kappa shape index (κ1) is 21.0. The summed E-state index contributed by atoms with van der Waals surface area (Å²) in [6.45, 7) is 4.66. The van der Waals surface area contributed by atoms with Crippen LogP contribution in [0.15, 0.2) is 28.3 Å². The predicted octanol–water partition coefficient (Wildman–Crippen LogP) is 0.0308. The quantitative estimate of drug-likeness (QED) is 0.621. The summed E-state index contributed by atoms with van der Waals surface area (Å²) in [5.41, 5.74) is 0.315.